The predicted molar refractivity (Wildman–Crippen MR) is 87.1 cm³/mol. The first kappa shape index (κ1) is 16.0. The molecule has 124 valence electrons. The Kier molecular flexibility index (Phi) is 4.68. The van der Waals surface area contributed by atoms with Gasteiger partial charge in [0.05, 0.1) is 18.1 Å². The minimum atomic E-state index is -0.234. The van der Waals surface area contributed by atoms with Crippen LogP contribution in [0.4, 0.5) is 0 Å². The summed E-state index contributed by atoms with van der Waals surface area (Å²) in [7, 11) is 0. The zero-order chi connectivity index (χ0) is 16.4. The maximum Gasteiger partial charge on any atom is 0.300 e. The van der Waals surface area contributed by atoms with E-state index in [0.717, 1.165) is 44.1 Å². The van der Waals surface area contributed by atoms with Crippen LogP contribution in [0.3, 0.4) is 0 Å². The Labute approximate surface area is 140 Å². The number of pyridine rings is 1. The Hall–Kier alpha value is -1.86. The van der Waals surface area contributed by atoms with Crippen LogP contribution in [-0.2, 0) is 6.54 Å². The SMILES string of the molecule is CCCN1CC([N+](=O)[O-])=C2N(Cc3ccc(Cl)nc3)CCN2C1. The molecular formula is C15H20ClN5O2. The Morgan fingerprint density at radius 1 is 1.39 bits per heavy atom. The van der Waals surface area contributed by atoms with Crippen LogP contribution in [0.1, 0.15) is 18.9 Å². The second kappa shape index (κ2) is 6.72. The van der Waals surface area contributed by atoms with Crippen molar-refractivity contribution in [2.75, 3.05) is 32.8 Å². The third-order valence-electron chi connectivity index (χ3n) is 4.16. The molecule has 1 aromatic heterocycles. The molecule has 2 aliphatic heterocycles. The number of rotatable bonds is 5. The van der Waals surface area contributed by atoms with Crippen molar-refractivity contribution in [3.8, 4) is 0 Å². The topological polar surface area (TPSA) is 65.8 Å². The normalized spacial score (nSPS) is 18.5. The second-order valence-corrected chi connectivity index (χ2v) is 6.28. The van der Waals surface area contributed by atoms with Gasteiger partial charge in [-0.05, 0) is 18.1 Å². The Morgan fingerprint density at radius 2 is 2.22 bits per heavy atom. The fraction of sp³-hybridized carbons (Fsp3) is 0.533. The van der Waals surface area contributed by atoms with Gasteiger partial charge in [-0.2, -0.15) is 0 Å². The van der Waals surface area contributed by atoms with Crippen molar-refractivity contribution in [1.29, 1.82) is 0 Å². The summed E-state index contributed by atoms with van der Waals surface area (Å²) in [6, 6.07) is 3.66. The summed E-state index contributed by atoms with van der Waals surface area (Å²) in [6.45, 7) is 6.35. The third kappa shape index (κ3) is 3.40. The monoisotopic (exact) mass is 337 g/mol. The molecule has 0 unspecified atom stereocenters. The van der Waals surface area contributed by atoms with Crippen molar-refractivity contribution in [3.63, 3.8) is 0 Å². The second-order valence-electron chi connectivity index (χ2n) is 5.90. The summed E-state index contributed by atoms with van der Waals surface area (Å²) in [5, 5.41) is 12.0. The number of halogens is 1. The van der Waals surface area contributed by atoms with Crippen molar-refractivity contribution in [3.05, 3.63) is 50.7 Å². The standard InChI is InChI=1S/C15H20ClN5O2/c1-2-5-18-10-13(21(22)23)15-19(6-7-20(15)11-18)9-12-3-4-14(16)17-8-12/h3-4,8H,2,5-7,9-11H2,1H3. The minimum absolute atomic E-state index is 0.234. The number of fused-ring (bicyclic) bond motifs is 1. The highest BCUT2D eigenvalue weighted by atomic mass is 35.5. The molecule has 1 aromatic rings. The van der Waals surface area contributed by atoms with Gasteiger partial charge in [-0.25, -0.2) is 4.98 Å². The highest BCUT2D eigenvalue weighted by Crippen LogP contribution is 2.29. The molecule has 3 heterocycles. The summed E-state index contributed by atoms with van der Waals surface area (Å²) < 4.78 is 0. The van der Waals surface area contributed by atoms with Crippen LogP contribution in [0.15, 0.2) is 29.8 Å². The van der Waals surface area contributed by atoms with E-state index >= 15 is 0 Å². The van der Waals surface area contributed by atoms with E-state index in [1.54, 1.807) is 12.3 Å². The summed E-state index contributed by atoms with van der Waals surface area (Å²) in [6.07, 6.45) is 2.72. The van der Waals surface area contributed by atoms with E-state index in [9.17, 15) is 10.1 Å². The molecule has 0 aliphatic carbocycles. The van der Waals surface area contributed by atoms with E-state index in [0.29, 0.717) is 23.9 Å². The largest absolute Gasteiger partial charge is 0.347 e. The fourth-order valence-corrected chi connectivity index (χ4v) is 3.32. The van der Waals surface area contributed by atoms with E-state index in [4.69, 9.17) is 11.6 Å². The molecule has 0 atom stereocenters. The molecule has 3 rings (SSSR count). The van der Waals surface area contributed by atoms with Crippen LogP contribution in [0.2, 0.25) is 5.15 Å². The summed E-state index contributed by atoms with van der Waals surface area (Å²) in [4.78, 5) is 21.7. The van der Waals surface area contributed by atoms with Crippen molar-refractivity contribution in [2.45, 2.75) is 19.9 Å². The molecule has 1 saturated heterocycles. The third-order valence-corrected chi connectivity index (χ3v) is 4.39. The van der Waals surface area contributed by atoms with Crippen molar-refractivity contribution >= 4 is 11.6 Å². The lowest BCUT2D eigenvalue weighted by molar-refractivity contribution is -0.433. The molecule has 8 heteroatoms. The van der Waals surface area contributed by atoms with Gasteiger partial charge in [-0.3, -0.25) is 15.0 Å². The lowest BCUT2D eigenvalue weighted by Gasteiger charge is -2.34. The average Bonchev–Trinajstić information content (AvgIpc) is 2.92. The Balaban J connectivity index is 1.84. The lowest BCUT2D eigenvalue weighted by Crippen LogP contribution is -2.45. The van der Waals surface area contributed by atoms with Gasteiger partial charge in [0.1, 0.15) is 5.15 Å². The van der Waals surface area contributed by atoms with Crippen molar-refractivity contribution in [2.24, 2.45) is 0 Å². The molecule has 0 saturated carbocycles. The van der Waals surface area contributed by atoms with Gasteiger partial charge in [0.15, 0.2) is 5.82 Å². The van der Waals surface area contributed by atoms with Crippen LogP contribution in [0.5, 0.6) is 0 Å². The van der Waals surface area contributed by atoms with Crippen LogP contribution in [0.25, 0.3) is 0 Å². The van der Waals surface area contributed by atoms with Gasteiger partial charge >= 0.3 is 0 Å². The molecule has 0 amide bonds. The van der Waals surface area contributed by atoms with E-state index in [-0.39, 0.29) is 4.92 Å². The van der Waals surface area contributed by atoms with Crippen molar-refractivity contribution < 1.29 is 4.92 Å². The summed E-state index contributed by atoms with van der Waals surface area (Å²) in [5.41, 5.74) is 1.30. The van der Waals surface area contributed by atoms with E-state index in [2.05, 4.69) is 26.6 Å². The summed E-state index contributed by atoms with van der Waals surface area (Å²) in [5.74, 6) is 0.761. The maximum atomic E-state index is 11.5. The first-order chi connectivity index (χ1) is 11.1. The highest BCUT2D eigenvalue weighted by molar-refractivity contribution is 6.29. The van der Waals surface area contributed by atoms with Gasteiger partial charge in [-0.15, -0.1) is 0 Å². The predicted octanol–water partition coefficient (Wildman–Crippen LogP) is 1.98. The van der Waals surface area contributed by atoms with Crippen LogP contribution >= 0.6 is 11.6 Å². The van der Waals surface area contributed by atoms with Crippen LogP contribution < -0.4 is 0 Å². The zero-order valence-corrected chi connectivity index (χ0v) is 13.9. The Morgan fingerprint density at radius 3 is 2.87 bits per heavy atom. The number of hydrogen-bond acceptors (Lipinski definition) is 6. The number of hydrogen-bond donors (Lipinski definition) is 0. The van der Waals surface area contributed by atoms with Gasteiger partial charge in [0, 0.05) is 32.4 Å². The van der Waals surface area contributed by atoms with E-state index in [1.165, 1.54) is 0 Å². The fourth-order valence-electron chi connectivity index (χ4n) is 3.21. The zero-order valence-electron chi connectivity index (χ0n) is 13.1. The molecule has 0 aromatic carbocycles. The van der Waals surface area contributed by atoms with Crippen LogP contribution in [0, 0.1) is 10.1 Å². The molecule has 1 fully saturated rings. The number of aromatic nitrogens is 1. The van der Waals surface area contributed by atoms with E-state index < -0.39 is 0 Å². The molecule has 23 heavy (non-hydrogen) atoms. The molecule has 2 aliphatic rings. The number of nitro groups is 1. The minimum Gasteiger partial charge on any atom is -0.347 e. The van der Waals surface area contributed by atoms with Crippen molar-refractivity contribution in [1.82, 2.24) is 19.7 Å². The van der Waals surface area contributed by atoms with Crippen LogP contribution in [-0.4, -0.2) is 57.5 Å². The van der Waals surface area contributed by atoms with Gasteiger partial charge < -0.3 is 9.80 Å². The van der Waals surface area contributed by atoms with Gasteiger partial charge in [0.2, 0.25) is 0 Å². The molecular weight excluding hydrogens is 318 g/mol. The average molecular weight is 338 g/mol. The Bertz CT molecular complexity index is 619. The first-order valence-corrected chi connectivity index (χ1v) is 8.16. The first-order valence-electron chi connectivity index (χ1n) is 7.78. The van der Waals surface area contributed by atoms with E-state index in [1.807, 2.05) is 6.07 Å². The molecule has 0 N–H and O–H groups in total. The smallest absolute Gasteiger partial charge is 0.300 e. The van der Waals surface area contributed by atoms with Gasteiger partial charge in [-0.1, -0.05) is 24.6 Å². The molecule has 0 bridgehead atoms. The number of nitrogens with zero attached hydrogens (tertiary/aromatic N) is 5. The highest BCUT2D eigenvalue weighted by Gasteiger charge is 2.38. The molecule has 0 spiro atoms. The lowest BCUT2D eigenvalue weighted by atomic mass is 10.2. The molecule has 0 radical (unpaired) electrons. The summed E-state index contributed by atoms with van der Waals surface area (Å²) >= 11 is 5.81. The van der Waals surface area contributed by atoms with Gasteiger partial charge in [0.25, 0.3) is 5.70 Å². The quantitative estimate of drug-likeness (QED) is 0.465. The maximum absolute atomic E-state index is 11.5. The molecule has 7 nitrogen and oxygen atoms in total.